The van der Waals surface area contributed by atoms with Crippen LogP contribution in [0.2, 0.25) is 0 Å². The van der Waals surface area contributed by atoms with Crippen LogP contribution >= 0.6 is 0 Å². The third-order valence-corrected chi connectivity index (χ3v) is 8.44. The first kappa shape index (κ1) is 23.6. The number of hydrogen-bond acceptors (Lipinski definition) is 7. The highest BCUT2D eigenvalue weighted by molar-refractivity contribution is 6.22. The number of non-ortho nitro benzene ring substituents is 1. The van der Waals surface area contributed by atoms with Crippen molar-refractivity contribution in [1.29, 1.82) is 0 Å². The van der Waals surface area contributed by atoms with Gasteiger partial charge in [0.15, 0.2) is 5.79 Å². The lowest BCUT2D eigenvalue weighted by Crippen LogP contribution is -2.53. The topological polar surface area (TPSA) is 130 Å². The van der Waals surface area contributed by atoms with Crippen molar-refractivity contribution < 1.29 is 29.5 Å². The number of carbonyl (C=O) groups is 2. The highest BCUT2D eigenvalue weighted by Crippen LogP contribution is 2.59. The molecule has 2 heterocycles. The van der Waals surface area contributed by atoms with Crippen LogP contribution < -0.4 is 4.90 Å². The Hall–Kier alpha value is -3.82. The number of rotatable bonds is 4. The largest absolute Gasteiger partial charge is 0.507 e. The fraction of sp³-hybridized carbons (Fsp3) is 0.357. The summed E-state index contributed by atoms with van der Waals surface area (Å²) in [7, 11) is 0. The average molecular weight is 503 g/mol. The van der Waals surface area contributed by atoms with Gasteiger partial charge in [0.05, 0.1) is 28.6 Å². The van der Waals surface area contributed by atoms with E-state index >= 15 is 0 Å². The number of amides is 2. The first-order valence-electron chi connectivity index (χ1n) is 12.5. The van der Waals surface area contributed by atoms with Gasteiger partial charge in [0, 0.05) is 29.4 Å². The van der Waals surface area contributed by atoms with E-state index in [1.54, 1.807) is 12.1 Å². The number of imide groups is 1. The summed E-state index contributed by atoms with van der Waals surface area (Å²) in [6.45, 7) is 1.92. The zero-order valence-corrected chi connectivity index (χ0v) is 20.1. The van der Waals surface area contributed by atoms with Gasteiger partial charge in [0.2, 0.25) is 11.8 Å². The Labute approximate surface area is 212 Å². The van der Waals surface area contributed by atoms with E-state index < -0.39 is 46.4 Å². The summed E-state index contributed by atoms with van der Waals surface area (Å²) < 4.78 is 6.38. The van der Waals surface area contributed by atoms with E-state index in [1.807, 2.05) is 31.2 Å². The smallest absolute Gasteiger partial charge is 0.271 e. The average Bonchev–Trinajstić information content (AvgIpc) is 3.37. The molecule has 2 amide bonds. The number of hydrogen-bond donors (Lipinski definition) is 2. The highest BCUT2D eigenvalue weighted by Gasteiger charge is 2.66. The van der Waals surface area contributed by atoms with Crippen molar-refractivity contribution in [3.05, 3.63) is 76.3 Å². The van der Waals surface area contributed by atoms with Gasteiger partial charge in [-0.15, -0.1) is 0 Å². The van der Waals surface area contributed by atoms with Gasteiger partial charge in [0.1, 0.15) is 5.75 Å². The van der Waals surface area contributed by atoms with Crippen molar-refractivity contribution in [2.24, 2.45) is 23.7 Å². The van der Waals surface area contributed by atoms with Gasteiger partial charge in [-0.25, -0.2) is 4.90 Å². The van der Waals surface area contributed by atoms with Crippen molar-refractivity contribution in [2.75, 3.05) is 4.90 Å². The summed E-state index contributed by atoms with van der Waals surface area (Å²) in [4.78, 5) is 39.1. The molecule has 1 saturated carbocycles. The molecule has 2 saturated heterocycles. The number of benzene rings is 3. The number of fused-ring (bicyclic) bond motifs is 4. The van der Waals surface area contributed by atoms with E-state index in [0.717, 1.165) is 15.8 Å². The maximum Gasteiger partial charge on any atom is 0.271 e. The summed E-state index contributed by atoms with van der Waals surface area (Å²) in [6, 6.07) is 16.3. The van der Waals surface area contributed by atoms with Crippen LogP contribution in [0.15, 0.2) is 60.7 Å². The Morgan fingerprint density at radius 1 is 1.05 bits per heavy atom. The monoisotopic (exact) mass is 502 g/mol. The molecule has 2 N–H and O–H groups in total. The van der Waals surface area contributed by atoms with Crippen LogP contribution in [0.4, 0.5) is 11.4 Å². The number of nitro benzene ring substituents is 1. The Morgan fingerprint density at radius 2 is 1.81 bits per heavy atom. The molecule has 9 nitrogen and oxygen atoms in total. The second-order valence-electron chi connectivity index (χ2n) is 10.2. The van der Waals surface area contributed by atoms with Gasteiger partial charge in [-0.2, -0.15) is 0 Å². The van der Waals surface area contributed by atoms with Gasteiger partial charge >= 0.3 is 0 Å². The molecule has 3 aliphatic rings. The van der Waals surface area contributed by atoms with Crippen LogP contribution in [0.1, 0.15) is 37.9 Å². The molecule has 0 bridgehead atoms. The molecule has 3 aromatic carbocycles. The summed E-state index contributed by atoms with van der Waals surface area (Å²) in [5, 5.41) is 35.0. The molecule has 6 atom stereocenters. The van der Waals surface area contributed by atoms with Crippen LogP contribution in [0.3, 0.4) is 0 Å². The number of nitrogens with zero attached hydrogens (tertiary/aromatic N) is 2. The third kappa shape index (κ3) is 3.38. The molecule has 2 aliphatic heterocycles. The molecule has 37 heavy (non-hydrogen) atoms. The molecule has 0 spiro atoms. The third-order valence-electron chi connectivity index (χ3n) is 8.44. The number of aliphatic hydroxyl groups is 1. The molecule has 0 aromatic heterocycles. The molecule has 0 unspecified atom stereocenters. The Morgan fingerprint density at radius 3 is 2.54 bits per heavy atom. The first-order chi connectivity index (χ1) is 17.7. The minimum atomic E-state index is -1.60. The van der Waals surface area contributed by atoms with E-state index in [4.69, 9.17) is 4.74 Å². The summed E-state index contributed by atoms with van der Waals surface area (Å²) in [5.41, 5.74) is 0.754. The molecule has 3 aromatic rings. The number of carbonyl (C=O) groups excluding carboxylic acids is 2. The van der Waals surface area contributed by atoms with Gasteiger partial charge < -0.3 is 14.9 Å². The lowest BCUT2D eigenvalue weighted by atomic mass is 9.64. The number of aromatic hydroxyl groups is 1. The Balaban J connectivity index is 1.40. The predicted octanol–water partition coefficient (Wildman–Crippen LogP) is 4.46. The van der Waals surface area contributed by atoms with Crippen molar-refractivity contribution in [3.8, 4) is 5.75 Å². The summed E-state index contributed by atoms with van der Waals surface area (Å²) in [5.74, 6) is -4.75. The van der Waals surface area contributed by atoms with E-state index in [-0.39, 0.29) is 29.5 Å². The van der Waals surface area contributed by atoms with Crippen LogP contribution in [0, 0.1) is 33.8 Å². The van der Waals surface area contributed by atoms with Crippen molar-refractivity contribution in [3.63, 3.8) is 0 Å². The summed E-state index contributed by atoms with van der Waals surface area (Å²) in [6.07, 6.45) is 0.623. The van der Waals surface area contributed by atoms with E-state index in [2.05, 4.69) is 0 Å². The molecule has 0 radical (unpaired) electrons. The molecule has 1 aliphatic carbocycles. The predicted molar refractivity (Wildman–Crippen MR) is 133 cm³/mol. The van der Waals surface area contributed by atoms with Crippen LogP contribution in [-0.2, 0) is 14.3 Å². The fourth-order valence-electron chi connectivity index (χ4n) is 6.73. The number of ether oxygens (including phenoxy) is 1. The molecule has 6 rings (SSSR count). The first-order valence-corrected chi connectivity index (χ1v) is 12.5. The van der Waals surface area contributed by atoms with Gasteiger partial charge in [0.25, 0.3) is 5.69 Å². The number of phenolic OH excluding ortho intramolecular Hbond substituents is 1. The molecule has 3 fully saturated rings. The van der Waals surface area contributed by atoms with Crippen molar-refractivity contribution >= 4 is 34.0 Å². The Kier molecular flexibility index (Phi) is 5.32. The maximum atomic E-state index is 13.7. The zero-order valence-electron chi connectivity index (χ0n) is 20.1. The summed E-state index contributed by atoms with van der Waals surface area (Å²) >= 11 is 0. The lowest BCUT2D eigenvalue weighted by Gasteiger charge is -2.44. The number of nitro groups is 1. The zero-order chi connectivity index (χ0) is 26.1. The van der Waals surface area contributed by atoms with Crippen molar-refractivity contribution in [1.82, 2.24) is 0 Å². The van der Waals surface area contributed by atoms with Crippen LogP contribution in [-0.4, -0.2) is 32.7 Å². The minimum absolute atomic E-state index is 0.143. The highest BCUT2D eigenvalue weighted by atomic mass is 16.6. The van der Waals surface area contributed by atoms with Crippen LogP contribution in [0.25, 0.3) is 10.8 Å². The lowest BCUT2D eigenvalue weighted by molar-refractivity contribution is -0.384. The van der Waals surface area contributed by atoms with Gasteiger partial charge in [-0.1, -0.05) is 43.3 Å². The SMILES string of the molecule is CC[C@H]1C[C@@H]2C(=O)N(c3cccc([N+](=O)[O-])c3)C(=O)[C@@H]2[C@@H]2C[C@@H](c3ccc(O)c4ccccc34)O[C@]12O. The van der Waals surface area contributed by atoms with E-state index in [9.17, 15) is 29.9 Å². The molecule has 190 valence electrons. The van der Waals surface area contributed by atoms with E-state index in [1.165, 1.54) is 24.3 Å². The quantitative estimate of drug-likeness (QED) is 0.306. The van der Waals surface area contributed by atoms with Crippen LogP contribution in [0.5, 0.6) is 5.75 Å². The molecule has 9 heteroatoms. The standard InChI is InChI=1S/C28H26N2O7/c1-2-15-12-21-25(27(33)29(26(21)32)16-6-5-7-17(13-16)30(35)36)22-14-24(37-28(15,22)34)20-10-11-23(31)19-9-4-3-8-18(19)20/h3-11,13,15,21-22,24-25,31,34H,2,12,14H2,1H3/t15-,21-,22-,24-,25-,28+/m0/s1. The normalized spacial score (nSPS) is 31.0. The molecular weight excluding hydrogens is 476 g/mol. The maximum absolute atomic E-state index is 13.7. The van der Waals surface area contributed by atoms with E-state index in [0.29, 0.717) is 18.2 Å². The molecular formula is C28H26N2O7. The van der Waals surface area contributed by atoms with Gasteiger partial charge in [-0.3, -0.25) is 19.7 Å². The van der Waals surface area contributed by atoms with Gasteiger partial charge in [-0.05, 0) is 42.3 Å². The second-order valence-corrected chi connectivity index (χ2v) is 10.2. The Bertz CT molecular complexity index is 1460. The number of anilines is 1. The second kappa shape index (κ2) is 8.36. The number of phenols is 1. The minimum Gasteiger partial charge on any atom is -0.507 e. The van der Waals surface area contributed by atoms with Crippen molar-refractivity contribution in [2.45, 2.75) is 38.1 Å². The fourth-order valence-corrected chi connectivity index (χ4v) is 6.73.